The molecule has 28 heavy (non-hydrogen) atoms. The molecule has 1 unspecified atom stereocenters. The molecule has 1 amide bonds. The lowest BCUT2D eigenvalue weighted by molar-refractivity contribution is -0.384. The van der Waals surface area contributed by atoms with Crippen LogP contribution in [0.15, 0.2) is 64.7 Å². The number of aromatic nitrogens is 2. The van der Waals surface area contributed by atoms with Gasteiger partial charge in [-0.3, -0.25) is 14.9 Å². The van der Waals surface area contributed by atoms with Crippen molar-refractivity contribution in [3.8, 4) is 11.4 Å². The van der Waals surface area contributed by atoms with Crippen LogP contribution in [0.25, 0.3) is 17.0 Å². The van der Waals surface area contributed by atoms with Crippen molar-refractivity contribution in [1.29, 1.82) is 0 Å². The fraction of sp³-hybridized carbons (Fsp3) is 0.150. The van der Waals surface area contributed by atoms with E-state index >= 15 is 0 Å². The minimum absolute atomic E-state index is 0.0547. The fourth-order valence-electron chi connectivity index (χ4n) is 3.14. The number of carbonyl (C=O) groups excluding carboxylic acids is 1. The van der Waals surface area contributed by atoms with Crippen molar-refractivity contribution in [3.63, 3.8) is 0 Å². The number of benzene rings is 2. The third-order valence-electron chi connectivity index (χ3n) is 4.61. The minimum atomic E-state index is -0.486. The Morgan fingerprint density at radius 2 is 1.93 bits per heavy atom. The molecule has 1 aliphatic carbocycles. The predicted octanol–water partition coefficient (Wildman–Crippen LogP) is 3.36. The summed E-state index contributed by atoms with van der Waals surface area (Å²) in [6.45, 7) is 2.03. The highest BCUT2D eigenvalue weighted by Gasteiger charge is 2.39. The number of hydrogen-bond donors (Lipinski definition) is 1. The van der Waals surface area contributed by atoms with E-state index in [1.165, 1.54) is 12.1 Å². The number of non-ortho nitro benzene ring substituents is 1. The molecule has 1 aromatic heterocycles. The van der Waals surface area contributed by atoms with Crippen LogP contribution in [-0.2, 0) is 11.3 Å². The van der Waals surface area contributed by atoms with Crippen LogP contribution in [0.2, 0.25) is 0 Å². The number of carbonyl (C=O) groups is 1. The van der Waals surface area contributed by atoms with Crippen molar-refractivity contribution in [2.75, 3.05) is 0 Å². The highest BCUT2D eigenvalue weighted by molar-refractivity contribution is 6.05. The second-order valence-corrected chi connectivity index (χ2v) is 6.43. The van der Waals surface area contributed by atoms with Crippen LogP contribution >= 0.6 is 0 Å². The Bertz CT molecular complexity index is 1090. The van der Waals surface area contributed by atoms with Gasteiger partial charge >= 0.3 is 0 Å². The molecule has 0 aliphatic heterocycles. The molecule has 2 aromatic carbocycles. The minimum Gasteiger partial charge on any atom is -0.346 e. The molecule has 8 heteroatoms. The molecule has 0 saturated carbocycles. The van der Waals surface area contributed by atoms with Gasteiger partial charge < -0.3 is 9.84 Å². The van der Waals surface area contributed by atoms with Crippen LogP contribution in [0, 0.1) is 16.0 Å². The molecule has 1 heterocycles. The van der Waals surface area contributed by atoms with Gasteiger partial charge in [0.2, 0.25) is 17.6 Å². The topological polar surface area (TPSA) is 111 Å². The lowest BCUT2D eigenvalue weighted by Crippen LogP contribution is -2.26. The first-order valence-corrected chi connectivity index (χ1v) is 8.66. The average Bonchev–Trinajstić information content (AvgIpc) is 3.16. The number of nitro groups is 1. The lowest BCUT2D eigenvalue weighted by atomic mass is 10.1. The maximum atomic E-state index is 12.5. The van der Waals surface area contributed by atoms with Crippen LogP contribution in [0.1, 0.15) is 18.4 Å². The Kier molecular flexibility index (Phi) is 4.44. The van der Waals surface area contributed by atoms with Crippen LogP contribution in [-0.4, -0.2) is 21.0 Å². The second kappa shape index (κ2) is 7.07. The van der Waals surface area contributed by atoms with Crippen LogP contribution in [0.3, 0.4) is 0 Å². The van der Waals surface area contributed by atoms with Crippen LogP contribution in [0.5, 0.6) is 0 Å². The van der Waals surface area contributed by atoms with E-state index in [-0.39, 0.29) is 35.8 Å². The number of hydrogen-bond acceptors (Lipinski definition) is 6. The van der Waals surface area contributed by atoms with E-state index in [2.05, 4.69) is 15.5 Å². The summed E-state index contributed by atoms with van der Waals surface area (Å²) in [7, 11) is 0. The summed E-state index contributed by atoms with van der Waals surface area (Å²) in [5.41, 5.74) is 3.56. The zero-order chi connectivity index (χ0) is 19.7. The van der Waals surface area contributed by atoms with E-state index in [9.17, 15) is 14.9 Å². The molecule has 0 saturated heterocycles. The normalized spacial score (nSPS) is 15.4. The van der Waals surface area contributed by atoms with Gasteiger partial charge in [0, 0.05) is 17.7 Å². The van der Waals surface area contributed by atoms with Gasteiger partial charge in [-0.1, -0.05) is 53.2 Å². The van der Waals surface area contributed by atoms with Crippen LogP contribution < -0.4 is 5.32 Å². The van der Waals surface area contributed by atoms with Crippen molar-refractivity contribution in [2.24, 2.45) is 5.92 Å². The van der Waals surface area contributed by atoms with Crippen LogP contribution in [0.4, 0.5) is 5.69 Å². The quantitative estimate of drug-likeness (QED) is 0.521. The maximum absolute atomic E-state index is 12.5. The summed E-state index contributed by atoms with van der Waals surface area (Å²) in [6.07, 6.45) is 0. The summed E-state index contributed by atoms with van der Waals surface area (Å²) in [5.74, 6) is 0.112. The first-order chi connectivity index (χ1) is 13.5. The molecule has 1 atom stereocenters. The SMILES string of the molecule is CC1=C(c2ccccc2)C1C(=O)NCc1nc(-c2cccc([N+](=O)[O-])c2)no1. The number of nitrogens with one attached hydrogen (secondary N) is 1. The second-order valence-electron chi connectivity index (χ2n) is 6.43. The van der Waals surface area contributed by atoms with E-state index in [1.54, 1.807) is 12.1 Å². The third kappa shape index (κ3) is 3.39. The molecule has 140 valence electrons. The van der Waals surface area contributed by atoms with Crippen molar-refractivity contribution >= 4 is 17.2 Å². The highest BCUT2D eigenvalue weighted by atomic mass is 16.6. The van der Waals surface area contributed by atoms with Gasteiger partial charge in [0.1, 0.15) is 0 Å². The number of amides is 1. The third-order valence-corrected chi connectivity index (χ3v) is 4.61. The molecule has 1 N–H and O–H groups in total. The predicted molar refractivity (Wildman–Crippen MR) is 101 cm³/mol. The van der Waals surface area contributed by atoms with E-state index in [1.807, 2.05) is 37.3 Å². The lowest BCUT2D eigenvalue weighted by Gasteiger charge is -2.03. The summed E-state index contributed by atoms with van der Waals surface area (Å²) in [6, 6.07) is 15.8. The standard InChI is InChI=1S/C20H16N4O4/c1-12-17(13-6-3-2-4-7-13)18(12)20(25)21-11-16-22-19(23-28-16)14-8-5-9-15(10-14)24(26)27/h2-10,18H,11H2,1H3,(H,21,25). The molecule has 0 spiro atoms. The summed E-state index contributed by atoms with van der Waals surface area (Å²) < 4.78 is 5.15. The van der Waals surface area contributed by atoms with Crippen molar-refractivity contribution < 1.29 is 14.2 Å². The molecular formula is C20H16N4O4. The van der Waals surface area contributed by atoms with E-state index in [0.29, 0.717) is 5.56 Å². The summed E-state index contributed by atoms with van der Waals surface area (Å²) in [4.78, 5) is 27.0. The molecule has 4 rings (SSSR count). The van der Waals surface area contributed by atoms with Gasteiger partial charge in [0.05, 0.1) is 17.4 Å². The van der Waals surface area contributed by atoms with Gasteiger partial charge in [-0.05, 0) is 18.1 Å². The fourth-order valence-corrected chi connectivity index (χ4v) is 3.14. The summed E-state index contributed by atoms with van der Waals surface area (Å²) in [5, 5.41) is 17.5. The van der Waals surface area contributed by atoms with Crippen molar-refractivity contribution in [3.05, 3.63) is 81.7 Å². The van der Waals surface area contributed by atoms with Crippen molar-refractivity contribution in [1.82, 2.24) is 15.5 Å². The Balaban J connectivity index is 1.38. The van der Waals surface area contributed by atoms with Crippen molar-refractivity contribution in [2.45, 2.75) is 13.5 Å². The van der Waals surface area contributed by atoms with E-state index in [0.717, 1.165) is 16.7 Å². The highest BCUT2D eigenvalue weighted by Crippen LogP contribution is 2.46. The molecule has 0 bridgehead atoms. The zero-order valence-electron chi connectivity index (χ0n) is 15.0. The monoisotopic (exact) mass is 376 g/mol. The van der Waals surface area contributed by atoms with Gasteiger partial charge in [-0.25, -0.2) is 0 Å². The van der Waals surface area contributed by atoms with E-state index < -0.39 is 4.92 Å². The van der Waals surface area contributed by atoms with Gasteiger partial charge in [0.25, 0.3) is 5.69 Å². The largest absolute Gasteiger partial charge is 0.346 e. The Morgan fingerprint density at radius 3 is 2.68 bits per heavy atom. The smallest absolute Gasteiger partial charge is 0.270 e. The number of rotatable bonds is 6. The Hall–Kier alpha value is -3.81. The first-order valence-electron chi connectivity index (χ1n) is 8.66. The maximum Gasteiger partial charge on any atom is 0.270 e. The average molecular weight is 376 g/mol. The van der Waals surface area contributed by atoms with Gasteiger partial charge in [0.15, 0.2) is 0 Å². The first kappa shape index (κ1) is 17.6. The molecule has 3 aromatic rings. The van der Waals surface area contributed by atoms with E-state index in [4.69, 9.17) is 4.52 Å². The van der Waals surface area contributed by atoms with Gasteiger partial charge in [-0.15, -0.1) is 0 Å². The number of nitro benzene ring substituents is 1. The molecule has 0 radical (unpaired) electrons. The summed E-state index contributed by atoms with van der Waals surface area (Å²) >= 11 is 0. The molecule has 0 fully saturated rings. The molecular weight excluding hydrogens is 360 g/mol. The molecule has 8 nitrogen and oxygen atoms in total. The number of nitrogens with zero attached hydrogens (tertiary/aromatic N) is 3. The Morgan fingerprint density at radius 1 is 1.18 bits per heavy atom. The zero-order valence-corrected chi connectivity index (χ0v) is 15.0. The van der Waals surface area contributed by atoms with Gasteiger partial charge in [-0.2, -0.15) is 4.98 Å². The Labute approximate surface area is 160 Å². The molecule has 1 aliphatic rings.